The second kappa shape index (κ2) is 6.62. The molecule has 1 atom stereocenters. The summed E-state index contributed by atoms with van der Waals surface area (Å²) in [6.45, 7) is 4.89. The van der Waals surface area contributed by atoms with E-state index < -0.39 is 9.84 Å². The molecule has 0 bridgehead atoms. The molecule has 80 valence electrons. The molecule has 0 aromatic carbocycles. The van der Waals surface area contributed by atoms with E-state index in [1.807, 2.05) is 13.8 Å². The van der Waals surface area contributed by atoms with Gasteiger partial charge in [-0.2, -0.15) is 0 Å². The maximum atomic E-state index is 11.2. The number of hydrogen-bond donors (Lipinski definition) is 1. The number of sulfone groups is 1. The van der Waals surface area contributed by atoms with E-state index in [0.29, 0.717) is 19.5 Å². The van der Waals surface area contributed by atoms with Crippen LogP contribution in [0.25, 0.3) is 0 Å². The van der Waals surface area contributed by atoms with Crippen molar-refractivity contribution in [3.05, 3.63) is 0 Å². The third-order valence-corrected chi connectivity index (χ3v) is 3.54. The van der Waals surface area contributed by atoms with Gasteiger partial charge in [-0.3, -0.25) is 0 Å². The summed E-state index contributed by atoms with van der Waals surface area (Å²) in [5.74, 6) is 0.496. The lowest BCUT2D eigenvalue weighted by Crippen LogP contribution is -2.28. The van der Waals surface area contributed by atoms with Gasteiger partial charge in [0.2, 0.25) is 0 Å². The summed E-state index contributed by atoms with van der Waals surface area (Å²) in [5, 5.41) is 3.04. The first kappa shape index (κ1) is 13.2. The molecule has 1 N–H and O–H groups in total. The number of nitrogens with one attached hydrogen (secondary N) is 1. The van der Waals surface area contributed by atoms with Gasteiger partial charge in [0.1, 0.15) is 0 Å². The molecule has 0 amide bonds. The van der Waals surface area contributed by atoms with Gasteiger partial charge in [-0.25, -0.2) is 8.42 Å². The smallest absolute Gasteiger partial charge is 0.151 e. The van der Waals surface area contributed by atoms with Gasteiger partial charge in [0.25, 0.3) is 0 Å². The van der Waals surface area contributed by atoms with E-state index in [4.69, 9.17) is 11.6 Å². The summed E-state index contributed by atoms with van der Waals surface area (Å²) in [5.41, 5.74) is 0. The minimum atomic E-state index is -2.84. The predicted octanol–water partition coefficient (Wildman–Crippen LogP) is 1.03. The largest absolute Gasteiger partial charge is 0.314 e. The number of hydrogen-bond acceptors (Lipinski definition) is 3. The highest BCUT2D eigenvalue weighted by molar-refractivity contribution is 7.91. The fourth-order valence-corrected chi connectivity index (χ4v) is 2.33. The topological polar surface area (TPSA) is 46.2 Å². The van der Waals surface area contributed by atoms with Crippen LogP contribution in [0.5, 0.6) is 0 Å². The van der Waals surface area contributed by atoms with Crippen molar-refractivity contribution < 1.29 is 8.42 Å². The molecule has 0 aliphatic rings. The quantitative estimate of drug-likeness (QED) is 0.522. The van der Waals surface area contributed by atoms with Gasteiger partial charge in [-0.15, -0.1) is 11.6 Å². The average Bonchev–Trinajstić information content (AvgIpc) is 1.98. The van der Waals surface area contributed by atoms with Crippen molar-refractivity contribution in [2.24, 2.45) is 0 Å². The second-order valence-corrected chi connectivity index (χ2v) is 6.19. The van der Waals surface area contributed by atoms with Gasteiger partial charge in [-0.05, 0) is 13.3 Å². The van der Waals surface area contributed by atoms with Crippen molar-refractivity contribution in [3.63, 3.8) is 0 Å². The molecule has 0 spiro atoms. The van der Waals surface area contributed by atoms with E-state index in [9.17, 15) is 8.42 Å². The molecule has 0 aliphatic heterocycles. The molecule has 0 saturated carbocycles. The maximum Gasteiger partial charge on any atom is 0.151 e. The van der Waals surface area contributed by atoms with Gasteiger partial charge in [0.05, 0.1) is 5.75 Å². The van der Waals surface area contributed by atoms with Gasteiger partial charge in [0, 0.05) is 24.2 Å². The first-order chi connectivity index (χ1) is 5.98. The Labute approximate surface area is 85.8 Å². The number of halogens is 1. The summed E-state index contributed by atoms with van der Waals surface area (Å²) in [4.78, 5) is 0. The van der Waals surface area contributed by atoms with Crippen LogP contribution in [-0.2, 0) is 9.84 Å². The molecule has 1 unspecified atom stereocenters. The third-order valence-electron chi connectivity index (χ3n) is 1.53. The lowest BCUT2D eigenvalue weighted by atomic mass is 10.5. The molecule has 0 aromatic rings. The van der Waals surface area contributed by atoms with E-state index in [1.165, 1.54) is 0 Å². The SMILES string of the molecule is CCCS(=O)(=O)CCNCC(C)Cl. The van der Waals surface area contributed by atoms with Gasteiger partial charge < -0.3 is 5.32 Å². The van der Waals surface area contributed by atoms with Crippen LogP contribution in [0.2, 0.25) is 0 Å². The Morgan fingerprint density at radius 1 is 1.38 bits per heavy atom. The van der Waals surface area contributed by atoms with Crippen LogP contribution < -0.4 is 5.32 Å². The fraction of sp³-hybridized carbons (Fsp3) is 1.00. The molecule has 13 heavy (non-hydrogen) atoms. The Morgan fingerprint density at radius 2 is 2.00 bits per heavy atom. The molecule has 0 aromatic heterocycles. The van der Waals surface area contributed by atoms with Crippen LogP contribution in [0.4, 0.5) is 0 Å². The monoisotopic (exact) mass is 227 g/mol. The summed E-state index contributed by atoms with van der Waals surface area (Å²) in [6.07, 6.45) is 0.689. The summed E-state index contributed by atoms with van der Waals surface area (Å²) < 4.78 is 22.4. The van der Waals surface area contributed by atoms with Crippen molar-refractivity contribution in [1.82, 2.24) is 5.32 Å². The van der Waals surface area contributed by atoms with Crippen molar-refractivity contribution in [2.75, 3.05) is 24.6 Å². The highest BCUT2D eigenvalue weighted by Gasteiger charge is 2.08. The van der Waals surface area contributed by atoms with Crippen LogP contribution in [0.3, 0.4) is 0 Å². The van der Waals surface area contributed by atoms with Crippen molar-refractivity contribution >= 4 is 21.4 Å². The Balaban J connectivity index is 3.53. The van der Waals surface area contributed by atoms with E-state index in [0.717, 1.165) is 0 Å². The molecular weight excluding hydrogens is 210 g/mol. The van der Waals surface area contributed by atoms with Gasteiger partial charge in [0.15, 0.2) is 9.84 Å². The summed E-state index contributed by atoms with van der Waals surface area (Å²) >= 11 is 5.68. The van der Waals surface area contributed by atoms with Crippen LogP contribution in [0, 0.1) is 0 Å². The molecule has 5 heteroatoms. The van der Waals surface area contributed by atoms with Gasteiger partial charge in [-0.1, -0.05) is 6.92 Å². The zero-order valence-corrected chi connectivity index (χ0v) is 9.79. The van der Waals surface area contributed by atoms with Crippen LogP contribution >= 0.6 is 11.6 Å². The van der Waals surface area contributed by atoms with E-state index in [-0.39, 0.29) is 16.9 Å². The molecule has 0 saturated heterocycles. The van der Waals surface area contributed by atoms with E-state index >= 15 is 0 Å². The van der Waals surface area contributed by atoms with Gasteiger partial charge >= 0.3 is 0 Å². The van der Waals surface area contributed by atoms with Crippen LogP contribution in [0.1, 0.15) is 20.3 Å². The second-order valence-electron chi connectivity index (χ2n) is 3.14. The number of alkyl halides is 1. The first-order valence-electron chi connectivity index (χ1n) is 4.53. The van der Waals surface area contributed by atoms with E-state index in [1.54, 1.807) is 0 Å². The molecule has 0 fully saturated rings. The fourth-order valence-electron chi connectivity index (χ4n) is 0.942. The van der Waals surface area contributed by atoms with E-state index in [2.05, 4.69) is 5.32 Å². The molecule has 0 rings (SSSR count). The Morgan fingerprint density at radius 3 is 2.46 bits per heavy atom. The summed E-state index contributed by atoms with van der Waals surface area (Å²) in [7, 11) is -2.84. The lowest BCUT2D eigenvalue weighted by molar-refractivity contribution is 0.589. The first-order valence-corrected chi connectivity index (χ1v) is 6.79. The minimum absolute atomic E-state index is 0.0499. The highest BCUT2D eigenvalue weighted by atomic mass is 35.5. The zero-order valence-electron chi connectivity index (χ0n) is 8.22. The third kappa shape index (κ3) is 8.53. The number of rotatable bonds is 7. The standard InChI is InChI=1S/C8H18ClNO2S/c1-3-5-13(11,12)6-4-10-7-8(2)9/h8,10H,3-7H2,1-2H3. The normalized spacial score (nSPS) is 14.4. The molecule has 3 nitrogen and oxygen atoms in total. The lowest BCUT2D eigenvalue weighted by Gasteiger charge is -2.06. The zero-order chi connectivity index (χ0) is 10.3. The van der Waals surface area contributed by atoms with Crippen LogP contribution in [-0.4, -0.2) is 38.4 Å². The maximum absolute atomic E-state index is 11.2. The molecule has 0 radical (unpaired) electrons. The molecular formula is C8H18ClNO2S. The average molecular weight is 228 g/mol. The van der Waals surface area contributed by atoms with Crippen molar-refractivity contribution in [2.45, 2.75) is 25.6 Å². The van der Waals surface area contributed by atoms with Crippen LogP contribution in [0.15, 0.2) is 0 Å². The van der Waals surface area contributed by atoms with Crippen molar-refractivity contribution in [3.8, 4) is 0 Å². The Kier molecular flexibility index (Phi) is 6.73. The molecule has 0 aliphatic carbocycles. The highest BCUT2D eigenvalue weighted by Crippen LogP contribution is 1.93. The Hall–Kier alpha value is 0.200. The predicted molar refractivity (Wildman–Crippen MR) is 57.1 cm³/mol. The molecule has 0 heterocycles. The summed E-state index contributed by atoms with van der Waals surface area (Å²) in [6, 6.07) is 0. The van der Waals surface area contributed by atoms with Crippen molar-refractivity contribution in [1.29, 1.82) is 0 Å². The Bertz CT molecular complexity index is 214. The minimum Gasteiger partial charge on any atom is -0.314 e.